The molecule has 0 unspecified atom stereocenters. The van der Waals surface area contributed by atoms with Crippen molar-refractivity contribution in [3.8, 4) is 0 Å². The van der Waals surface area contributed by atoms with E-state index in [0.29, 0.717) is 0 Å². The van der Waals surface area contributed by atoms with Crippen molar-refractivity contribution in [3.05, 3.63) is 64.7 Å². The number of halogens is 4. The summed E-state index contributed by atoms with van der Waals surface area (Å²) in [6, 6.07) is 5.00. The molecule has 0 atom stereocenters. The minimum absolute atomic E-state index is 0.0589. The van der Waals surface area contributed by atoms with E-state index in [4.69, 9.17) is 5.73 Å². The number of benzene rings is 2. The van der Waals surface area contributed by atoms with Crippen LogP contribution in [-0.2, 0) is 6.54 Å². The Morgan fingerprint density at radius 2 is 1.62 bits per heavy atom. The second-order valence-corrected chi connectivity index (χ2v) is 4.29. The maximum absolute atomic E-state index is 13.5. The average Bonchev–Trinajstić information content (AvgIpc) is 2.43. The third kappa shape index (κ3) is 3.31. The molecule has 0 aliphatic heterocycles. The van der Waals surface area contributed by atoms with Crippen molar-refractivity contribution in [2.24, 2.45) is 5.73 Å². The summed E-state index contributed by atoms with van der Waals surface area (Å²) < 4.78 is 52.4. The lowest BCUT2D eigenvalue weighted by molar-refractivity contribution is 0.100. The standard InChI is InChI=1S/C14H10F4N2O/c15-9-2-1-8(14(19)21)5-12(9)20-6-7-3-10(16)13(18)11(17)4-7/h1-5,20H,6H2,(H2,19,21). The molecule has 3 nitrogen and oxygen atoms in total. The molecule has 2 aromatic carbocycles. The average molecular weight is 298 g/mol. The van der Waals surface area contributed by atoms with Gasteiger partial charge in [0.1, 0.15) is 5.82 Å². The van der Waals surface area contributed by atoms with Gasteiger partial charge in [0.2, 0.25) is 5.91 Å². The summed E-state index contributed by atoms with van der Waals surface area (Å²) >= 11 is 0. The highest BCUT2D eigenvalue weighted by Crippen LogP contribution is 2.19. The van der Waals surface area contributed by atoms with E-state index in [1.54, 1.807) is 0 Å². The van der Waals surface area contributed by atoms with E-state index in [2.05, 4.69) is 5.32 Å². The fourth-order valence-corrected chi connectivity index (χ4v) is 1.72. The molecule has 0 saturated carbocycles. The van der Waals surface area contributed by atoms with Crippen molar-refractivity contribution >= 4 is 11.6 Å². The molecule has 7 heteroatoms. The van der Waals surface area contributed by atoms with Gasteiger partial charge >= 0.3 is 0 Å². The number of nitrogens with one attached hydrogen (secondary N) is 1. The van der Waals surface area contributed by atoms with Gasteiger partial charge in [-0.2, -0.15) is 0 Å². The maximum atomic E-state index is 13.5. The van der Waals surface area contributed by atoms with Gasteiger partial charge in [-0.15, -0.1) is 0 Å². The molecule has 21 heavy (non-hydrogen) atoms. The predicted molar refractivity (Wildman–Crippen MR) is 68.6 cm³/mol. The molecule has 110 valence electrons. The maximum Gasteiger partial charge on any atom is 0.248 e. The van der Waals surface area contributed by atoms with Crippen molar-refractivity contribution in [2.75, 3.05) is 5.32 Å². The molecule has 0 bridgehead atoms. The first-order valence-electron chi connectivity index (χ1n) is 5.85. The van der Waals surface area contributed by atoms with Crippen LogP contribution in [0.1, 0.15) is 15.9 Å². The number of primary amides is 1. The Hall–Kier alpha value is -2.57. The molecule has 0 aliphatic carbocycles. The minimum Gasteiger partial charge on any atom is -0.379 e. The van der Waals surface area contributed by atoms with Gasteiger partial charge in [0.05, 0.1) is 5.69 Å². The van der Waals surface area contributed by atoms with Gasteiger partial charge in [-0.1, -0.05) is 0 Å². The second-order valence-electron chi connectivity index (χ2n) is 4.29. The van der Waals surface area contributed by atoms with Crippen LogP contribution in [0.4, 0.5) is 23.2 Å². The smallest absolute Gasteiger partial charge is 0.248 e. The summed E-state index contributed by atoms with van der Waals surface area (Å²) in [4.78, 5) is 11.0. The lowest BCUT2D eigenvalue weighted by Gasteiger charge is -2.09. The molecule has 0 heterocycles. The van der Waals surface area contributed by atoms with Gasteiger partial charge in [0.15, 0.2) is 17.5 Å². The normalized spacial score (nSPS) is 10.5. The summed E-state index contributed by atoms with van der Waals surface area (Å²) in [5.74, 6) is -5.64. The van der Waals surface area contributed by atoms with Crippen LogP contribution in [-0.4, -0.2) is 5.91 Å². The van der Waals surface area contributed by atoms with Crippen molar-refractivity contribution in [2.45, 2.75) is 6.54 Å². The fourth-order valence-electron chi connectivity index (χ4n) is 1.72. The predicted octanol–water partition coefficient (Wildman–Crippen LogP) is 2.95. The number of carbonyl (C=O) groups is 1. The van der Waals surface area contributed by atoms with E-state index in [1.807, 2.05) is 0 Å². The third-order valence-electron chi connectivity index (χ3n) is 2.78. The molecule has 1 amide bonds. The Labute approximate surface area is 117 Å². The van der Waals surface area contributed by atoms with Gasteiger partial charge in [-0.05, 0) is 35.9 Å². The highest BCUT2D eigenvalue weighted by molar-refractivity contribution is 5.93. The summed E-state index contributed by atoms with van der Waals surface area (Å²) in [6.45, 7) is -0.159. The zero-order chi connectivity index (χ0) is 15.6. The van der Waals surface area contributed by atoms with Crippen molar-refractivity contribution in [3.63, 3.8) is 0 Å². The Bertz CT molecular complexity index is 680. The van der Waals surface area contributed by atoms with Crippen LogP contribution >= 0.6 is 0 Å². The Morgan fingerprint density at radius 3 is 2.19 bits per heavy atom. The molecule has 0 fully saturated rings. The van der Waals surface area contributed by atoms with E-state index in [0.717, 1.165) is 18.2 Å². The number of nitrogens with two attached hydrogens (primary N) is 1. The minimum atomic E-state index is -1.57. The second kappa shape index (κ2) is 5.82. The van der Waals surface area contributed by atoms with Crippen molar-refractivity contribution < 1.29 is 22.4 Å². The zero-order valence-corrected chi connectivity index (χ0v) is 10.6. The van der Waals surface area contributed by atoms with E-state index < -0.39 is 29.2 Å². The molecule has 0 saturated heterocycles. The molecule has 0 spiro atoms. The van der Waals surface area contributed by atoms with Crippen LogP contribution in [0.5, 0.6) is 0 Å². The number of hydrogen-bond donors (Lipinski definition) is 2. The zero-order valence-electron chi connectivity index (χ0n) is 10.6. The number of carbonyl (C=O) groups excluding carboxylic acids is 1. The van der Waals surface area contributed by atoms with E-state index in [-0.39, 0.29) is 23.4 Å². The molecular weight excluding hydrogens is 288 g/mol. The van der Waals surface area contributed by atoms with E-state index in [9.17, 15) is 22.4 Å². The summed E-state index contributed by atoms with van der Waals surface area (Å²) in [7, 11) is 0. The van der Waals surface area contributed by atoms with Gasteiger partial charge in [0, 0.05) is 12.1 Å². The van der Waals surface area contributed by atoms with Crippen LogP contribution in [0.3, 0.4) is 0 Å². The molecule has 0 radical (unpaired) electrons. The SMILES string of the molecule is NC(=O)c1ccc(F)c(NCc2cc(F)c(F)c(F)c2)c1. The summed E-state index contributed by atoms with van der Waals surface area (Å²) in [6.07, 6.45) is 0. The topological polar surface area (TPSA) is 55.1 Å². The first-order chi connectivity index (χ1) is 9.88. The first-order valence-corrected chi connectivity index (χ1v) is 5.85. The number of rotatable bonds is 4. The lowest BCUT2D eigenvalue weighted by atomic mass is 10.1. The summed E-state index contributed by atoms with van der Waals surface area (Å²) in [5.41, 5.74) is 5.17. The molecule has 0 aromatic heterocycles. The molecule has 2 rings (SSSR count). The Morgan fingerprint density at radius 1 is 1.00 bits per heavy atom. The van der Waals surface area contributed by atoms with E-state index in [1.165, 1.54) is 12.1 Å². The van der Waals surface area contributed by atoms with Crippen molar-refractivity contribution in [1.82, 2.24) is 0 Å². The summed E-state index contributed by atoms with van der Waals surface area (Å²) in [5, 5.41) is 2.56. The van der Waals surface area contributed by atoms with Crippen LogP contribution < -0.4 is 11.1 Å². The first kappa shape index (κ1) is 14.8. The fraction of sp³-hybridized carbons (Fsp3) is 0.0714. The molecule has 0 aliphatic rings. The number of anilines is 1. The van der Waals surface area contributed by atoms with Crippen LogP contribution in [0.2, 0.25) is 0 Å². The highest BCUT2D eigenvalue weighted by atomic mass is 19.2. The third-order valence-corrected chi connectivity index (χ3v) is 2.78. The van der Waals surface area contributed by atoms with Gasteiger partial charge in [0.25, 0.3) is 0 Å². The monoisotopic (exact) mass is 298 g/mol. The van der Waals surface area contributed by atoms with Crippen LogP contribution in [0.15, 0.2) is 30.3 Å². The van der Waals surface area contributed by atoms with E-state index >= 15 is 0 Å². The van der Waals surface area contributed by atoms with Crippen LogP contribution in [0.25, 0.3) is 0 Å². The number of hydrogen-bond acceptors (Lipinski definition) is 2. The quantitative estimate of drug-likeness (QED) is 0.673. The highest BCUT2D eigenvalue weighted by Gasteiger charge is 2.11. The van der Waals surface area contributed by atoms with Crippen molar-refractivity contribution in [1.29, 1.82) is 0 Å². The van der Waals surface area contributed by atoms with Crippen LogP contribution in [0, 0.1) is 23.3 Å². The Kier molecular flexibility index (Phi) is 4.11. The molecule has 2 aromatic rings. The molecule has 3 N–H and O–H groups in total. The number of amides is 1. The molecular formula is C14H10F4N2O. The largest absolute Gasteiger partial charge is 0.379 e. The van der Waals surface area contributed by atoms with Gasteiger partial charge < -0.3 is 11.1 Å². The Balaban J connectivity index is 2.20. The lowest BCUT2D eigenvalue weighted by Crippen LogP contribution is -2.12. The van der Waals surface area contributed by atoms with Gasteiger partial charge in [-0.3, -0.25) is 4.79 Å². The van der Waals surface area contributed by atoms with Gasteiger partial charge in [-0.25, -0.2) is 17.6 Å².